The second-order valence-corrected chi connectivity index (χ2v) is 4.89. The summed E-state index contributed by atoms with van der Waals surface area (Å²) in [6, 6.07) is 6.10. The molecule has 0 aliphatic carbocycles. The molecule has 88 valence electrons. The molecule has 0 aromatic heterocycles. The summed E-state index contributed by atoms with van der Waals surface area (Å²) in [6.07, 6.45) is 0. The van der Waals surface area contributed by atoms with Gasteiger partial charge in [-0.1, -0.05) is 15.9 Å². The molecule has 1 amide bonds. The summed E-state index contributed by atoms with van der Waals surface area (Å²) in [5, 5.41) is 5.91. The summed E-state index contributed by atoms with van der Waals surface area (Å²) < 4.78 is 1.07. The predicted molar refractivity (Wildman–Crippen MR) is 70.6 cm³/mol. The van der Waals surface area contributed by atoms with Crippen LogP contribution in [0.4, 0.5) is 5.69 Å². The lowest BCUT2D eigenvalue weighted by Crippen LogP contribution is -2.34. The first-order valence-electron chi connectivity index (χ1n) is 5.28. The van der Waals surface area contributed by atoms with E-state index in [1.54, 1.807) is 0 Å². The Kier molecular flexibility index (Phi) is 4.80. The first-order chi connectivity index (χ1) is 7.49. The summed E-state index contributed by atoms with van der Waals surface area (Å²) in [7, 11) is 0. The maximum absolute atomic E-state index is 11.4. The zero-order valence-electron chi connectivity index (χ0n) is 9.80. The summed E-state index contributed by atoms with van der Waals surface area (Å²) in [5.41, 5.74) is 2.11. The van der Waals surface area contributed by atoms with Crippen molar-refractivity contribution >= 4 is 27.5 Å². The molecule has 1 rings (SSSR count). The second kappa shape index (κ2) is 5.89. The maximum atomic E-state index is 11.4. The van der Waals surface area contributed by atoms with Crippen LogP contribution >= 0.6 is 15.9 Å². The quantitative estimate of drug-likeness (QED) is 0.893. The van der Waals surface area contributed by atoms with Crippen molar-refractivity contribution in [2.45, 2.75) is 26.8 Å². The van der Waals surface area contributed by atoms with Crippen LogP contribution in [0, 0.1) is 6.92 Å². The number of hydrogen-bond acceptors (Lipinski definition) is 2. The molecule has 0 bridgehead atoms. The van der Waals surface area contributed by atoms with Crippen molar-refractivity contribution in [3.63, 3.8) is 0 Å². The van der Waals surface area contributed by atoms with Gasteiger partial charge in [0.2, 0.25) is 5.91 Å². The molecule has 0 unspecified atom stereocenters. The van der Waals surface area contributed by atoms with E-state index in [1.807, 2.05) is 39.0 Å². The molecule has 0 saturated carbocycles. The Morgan fingerprint density at radius 3 is 2.69 bits per heavy atom. The highest BCUT2D eigenvalue weighted by molar-refractivity contribution is 9.10. The van der Waals surface area contributed by atoms with Gasteiger partial charge in [0.05, 0.1) is 6.54 Å². The molecule has 0 spiro atoms. The van der Waals surface area contributed by atoms with Crippen LogP contribution in [0.15, 0.2) is 22.7 Å². The molecular formula is C12H17BrN2O. The minimum absolute atomic E-state index is 0.00979. The Balaban J connectivity index is 2.48. The molecule has 0 atom stereocenters. The molecule has 3 nitrogen and oxygen atoms in total. The predicted octanol–water partition coefficient (Wildman–Crippen LogP) is 2.69. The van der Waals surface area contributed by atoms with E-state index in [-0.39, 0.29) is 11.9 Å². The van der Waals surface area contributed by atoms with E-state index in [9.17, 15) is 4.79 Å². The number of carbonyl (C=O) groups is 1. The van der Waals surface area contributed by atoms with Crippen molar-refractivity contribution in [1.29, 1.82) is 0 Å². The Hall–Kier alpha value is -1.03. The number of anilines is 1. The van der Waals surface area contributed by atoms with Gasteiger partial charge in [0.25, 0.3) is 0 Å². The van der Waals surface area contributed by atoms with Crippen LogP contribution in [0.1, 0.15) is 19.4 Å². The molecule has 0 saturated heterocycles. The number of carbonyl (C=O) groups excluding carboxylic acids is 1. The minimum Gasteiger partial charge on any atom is -0.376 e. The van der Waals surface area contributed by atoms with Gasteiger partial charge in [0, 0.05) is 16.2 Å². The first-order valence-corrected chi connectivity index (χ1v) is 6.07. The largest absolute Gasteiger partial charge is 0.376 e. The SMILES string of the molecule is Cc1cc(NCC(=O)NC(C)C)ccc1Br. The van der Waals surface area contributed by atoms with Gasteiger partial charge >= 0.3 is 0 Å². The molecule has 0 aliphatic heterocycles. The average molecular weight is 285 g/mol. The fraction of sp³-hybridized carbons (Fsp3) is 0.417. The molecule has 1 aromatic carbocycles. The van der Waals surface area contributed by atoms with E-state index < -0.39 is 0 Å². The van der Waals surface area contributed by atoms with Crippen LogP contribution < -0.4 is 10.6 Å². The van der Waals surface area contributed by atoms with E-state index in [4.69, 9.17) is 0 Å². The van der Waals surface area contributed by atoms with Gasteiger partial charge in [-0.05, 0) is 44.5 Å². The number of hydrogen-bond donors (Lipinski definition) is 2. The standard InChI is InChI=1S/C12H17BrN2O/c1-8(2)15-12(16)7-14-10-4-5-11(13)9(3)6-10/h4-6,8,14H,7H2,1-3H3,(H,15,16). The van der Waals surface area contributed by atoms with Crippen LogP contribution in [0.25, 0.3) is 0 Å². The first kappa shape index (κ1) is 13.0. The van der Waals surface area contributed by atoms with Crippen molar-refractivity contribution in [3.05, 3.63) is 28.2 Å². The summed E-state index contributed by atoms with van der Waals surface area (Å²) >= 11 is 3.44. The van der Waals surface area contributed by atoms with Crippen molar-refractivity contribution < 1.29 is 4.79 Å². The van der Waals surface area contributed by atoms with Crippen molar-refractivity contribution in [2.24, 2.45) is 0 Å². The van der Waals surface area contributed by atoms with Crippen LogP contribution in [0.5, 0.6) is 0 Å². The van der Waals surface area contributed by atoms with E-state index in [1.165, 1.54) is 0 Å². The van der Waals surface area contributed by atoms with Crippen LogP contribution in [0.3, 0.4) is 0 Å². The zero-order valence-corrected chi connectivity index (χ0v) is 11.4. The highest BCUT2D eigenvalue weighted by Crippen LogP contribution is 2.19. The van der Waals surface area contributed by atoms with Gasteiger partial charge < -0.3 is 10.6 Å². The zero-order chi connectivity index (χ0) is 12.1. The van der Waals surface area contributed by atoms with Crippen molar-refractivity contribution in [2.75, 3.05) is 11.9 Å². The maximum Gasteiger partial charge on any atom is 0.239 e. The smallest absolute Gasteiger partial charge is 0.239 e. The molecule has 0 aliphatic rings. The Bertz CT molecular complexity index is 377. The lowest BCUT2D eigenvalue weighted by Gasteiger charge is -2.10. The van der Waals surface area contributed by atoms with E-state index in [2.05, 4.69) is 26.6 Å². The lowest BCUT2D eigenvalue weighted by molar-refractivity contribution is -0.119. The Labute approximate surface area is 105 Å². The number of nitrogens with one attached hydrogen (secondary N) is 2. The van der Waals surface area contributed by atoms with Gasteiger partial charge in [-0.3, -0.25) is 4.79 Å². The summed E-state index contributed by atoms with van der Waals surface area (Å²) in [4.78, 5) is 11.4. The van der Waals surface area contributed by atoms with Gasteiger partial charge in [-0.2, -0.15) is 0 Å². The van der Waals surface area contributed by atoms with Crippen molar-refractivity contribution in [3.8, 4) is 0 Å². The molecule has 4 heteroatoms. The van der Waals surface area contributed by atoms with Gasteiger partial charge in [0.1, 0.15) is 0 Å². The summed E-state index contributed by atoms with van der Waals surface area (Å²) in [5.74, 6) is 0.00979. The van der Waals surface area contributed by atoms with E-state index in [0.717, 1.165) is 15.7 Å². The fourth-order valence-electron chi connectivity index (χ4n) is 1.31. The molecule has 16 heavy (non-hydrogen) atoms. The highest BCUT2D eigenvalue weighted by Gasteiger charge is 2.03. The molecule has 0 heterocycles. The average Bonchev–Trinajstić information content (AvgIpc) is 2.19. The third-order valence-corrected chi connectivity index (χ3v) is 2.95. The highest BCUT2D eigenvalue weighted by atomic mass is 79.9. The Morgan fingerprint density at radius 1 is 1.44 bits per heavy atom. The van der Waals surface area contributed by atoms with Crippen LogP contribution in [-0.2, 0) is 4.79 Å². The van der Waals surface area contributed by atoms with Gasteiger partial charge in [0.15, 0.2) is 0 Å². The normalized spacial score (nSPS) is 10.3. The van der Waals surface area contributed by atoms with Crippen LogP contribution in [-0.4, -0.2) is 18.5 Å². The number of amides is 1. The van der Waals surface area contributed by atoms with Gasteiger partial charge in [-0.15, -0.1) is 0 Å². The molecular weight excluding hydrogens is 268 g/mol. The van der Waals surface area contributed by atoms with E-state index in [0.29, 0.717) is 6.54 Å². The molecule has 0 radical (unpaired) electrons. The number of halogens is 1. The molecule has 0 fully saturated rings. The monoisotopic (exact) mass is 284 g/mol. The third-order valence-electron chi connectivity index (χ3n) is 2.06. The minimum atomic E-state index is 0.00979. The topological polar surface area (TPSA) is 41.1 Å². The molecule has 1 aromatic rings. The lowest BCUT2D eigenvalue weighted by atomic mass is 10.2. The number of benzene rings is 1. The van der Waals surface area contributed by atoms with Crippen LogP contribution in [0.2, 0.25) is 0 Å². The number of aryl methyl sites for hydroxylation is 1. The van der Waals surface area contributed by atoms with Crippen molar-refractivity contribution in [1.82, 2.24) is 5.32 Å². The molecule has 2 N–H and O–H groups in total. The Morgan fingerprint density at radius 2 is 2.12 bits per heavy atom. The fourth-order valence-corrected chi connectivity index (χ4v) is 1.56. The van der Waals surface area contributed by atoms with Gasteiger partial charge in [-0.25, -0.2) is 0 Å². The third kappa shape index (κ3) is 4.23. The summed E-state index contributed by atoms with van der Waals surface area (Å²) in [6.45, 7) is 6.21. The van der Waals surface area contributed by atoms with E-state index >= 15 is 0 Å². The number of rotatable bonds is 4. The second-order valence-electron chi connectivity index (χ2n) is 4.04.